The van der Waals surface area contributed by atoms with E-state index in [9.17, 15) is 9.59 Å². The van der Waals surface area contributed by atoms with Crippen LogP contribution in [0.1, 0.15) is 47.5 Å². The summed E-state index contributed by atoms with van der Waals surface area (Å²) in [6, 6.07) is 10.6. The van der Waals surface area contributed by atoms with E-state index in [1.165, 1.54) is 5.56 Å². The summed E-state index contributed by atoms with van der Waals surface area (Å²) in [5, 5.41) is 13.4. The molecule has 0 saturated carbocycles. The van der Waals surface area contributed by atoms with E-state index in [-0.39, 0.29) is 5.78 Å². The molecular formula is C29H32Cl2N4O3. The SMILES string of the molecule is O=C(O)Nc1ccc2[nH]cc(C3CCN(CC4CCN(/C=C/C(=O)c5ccc(Cl)c(Cl)c5)CC4)CC3)c2c1. The van der Waals surface area contributed by atoms with Gasteiger partial charge in [-0.2, -0.15) is 0 Å². The quantitative estimate of drug-likeness (QED) is 0.219. The highest BCUT2D eigenvalue weighted by Crippen LogP contribution is 2.35. The lowest BCUT2D eigenvalue weighted by Crippen LogP contribution is -2.40. The number of benzene rings is 2. The number of hydrogen-bond acceptors (Lipinski definition) is 4. The molecule has 0 atom stereocenters. The number of halogens is 2. The lowest BCUT2D eigenvalue weighted by Gasteiger charge is -2.37. The maximum atomic E-state index is 12.5. The summed E-state index contributed by atoms with van der Waals surface area (Å²) in [4.78, 5) is 31.7. The Kier molecular flexibility index (Phi) is 8.27. The van der Waals surface area contributed by atoms with E-state index in [4.69, 9.17) is 28.3 Å². The molecule has 1 amide bonds. The Morgan fingerprint density at radius 2 is 1.76 bits per heavy atom. The number of allylic oxidation sites excluding steroid dienone is 1. The summed E-state index contributed by atoms with van der Waals surface area (Å²) in [5.41, 5.74) is 3.46. The number of carbonyl (C=O) groups excluding carboxylic acids is 1. The standard InChI is InChI=1S/C29H32Cl2N4O3/c30-25-3-1-21(15-26(25)31)28(36)9-14-34-10-5-19(6-11-34)18-35-12-7-20(8-13-35)24-17-32-27-4-2-22(16-23(24)27)33-29(37)38/h1-4,9,14-17,19-20,32-33H,5-8,10-13,18H2,(H,37,38)/b14-9+. The van der Waals surface area contributed by atoms with Crippen molar-refractivity contribution in [2.24, 2.45) is 5.92 Å². The zero-order valence-corrected chi connectivity index (χ0v) is 22.6. The molecule has 3 heterocycles. The molecule has 38 heavy (non-hydrogen) atoms. The molecule has 0 spiro atoms. The van der Waals surface area contributed by atoms with Crippen molar-refractivity contribution in [3.05, 3.63) is 76.0 Å². The molecule has 2 fully saturated rings. The fraction of sp³-hybridized carbons (Fsp3) is 0.379. The van der Waals surface area contributed by atoms with Gasteiger partial charge < -0.3 is 19.9 Å². The fourth-order valence-electron chi connectivity index (χ4n) is 5.68. The van der Waals surface area contributed by atoms with Crippen LogP contribution in [0.15, 0.2) is 54.9 Å². The smallest absolute Gasteiger partial charge is 0.409 e. The average Bonchev–Trinajstić information content (AvgIpc) is 3.33. The first-order valence-electron chi connectivity index (χ1n) is 13.1. The normalized spacial score (nSPS) is 17.9. The Morgan fingerprint density at radius 1 is 1.00 bits per heavy atom. The number of hydrogen-bond donors (Lipinski definition) is 3. The lowest BCUT2D eigenvalue weighted by molar-refractivity contribution is 0.104. The number of rotatable bonds is 7. The number of fused-ring (bicyclic) bond motifs is 1. The second kappa shape index (κ2) is 11.8. The zero-order chi connectivity index (χ0) is 26.6. The molecule has 2 aliphatic heterocycles. The number of amides is 1. The molecule has 3 aromatic rings. The van der Waals surface area contributed by atoms with Crippen LogP contribution in [-0.2, 0) is 0 Å². The van der Waals surface area contributed by atoms with Gasteiger partial charge in [0.05, 0.1) is 10.0 Å². The van der Waals surface area contributed by atoms with Gasteiger partial charge in [0, 0.05) is 60.3 Å². The minimum atomic E-state index is -1.05. The molecule has 200 valence electrons. The first kappa shape index (κ1) is 26.6. The van der Waals surface area contributed by atoms with E-state index >= 15 is 0 Å². The van der Waals surface area contributed by atoms with Crippen LogP contribution < -0.4 is 5.32 Å². The number of likely N-dealkylation sites (tertiary alicyclic amines) is 2. The number of nitrogens with zero attached hydrogens (tertiary/aromatic N) is 2. The van der Waals surface area contributed by atoms with Crippen molar-refractivity contribution >= 4 is 51.7 Å². The minimum absolute atomic E-state index is 0.0712. The largest absolute Gasteiger partial charge is 0.465 e. The van der Waals surface area contributed by atoms with Crippen LogP contribution in [0.25, 0.3) is 10.9 Å². The van der Waals surface area contributed by atoms with Gasteiger partial charge in [0.15, 0.2) is 5.78 Å². The fourth-order valence-corrected chi connectivity index (χ4v) is 5.97. The Balaban J connectivity index is 1.08. The Labute approximate surface area is 232 Å². The van der Waals surface area contributed by atoms with E-state index in [1.807, 2.05) is 18.3 Å². The van der Waals surface area contributed by atoms with Crippen LogP contribution in [0, 0.1) is 5.92 Å². The molecule has 3 N–H and O–H groups in total. The Morgan fingerprint density at radius 3 is 2.47 bits per heavy atom. The second-order valence-electron chi connectivity index (χ2n) is 10.3. The van der Waals surface area contributed by atoms with Crippen LogP contribution in [-0.4, -0.2) is 64.5 Å². The van der Waals surface area contributed by atoms with Gasteiger partial charge in [-0.25, -0.2) is 4.79 Å². The van der Waals surface area contributed by atoms with Crippen molar-refractivity contribution in [1.29, 1.82) is 0 Å². The topological polar surface area (TPSA) is 88.7 Å². The molecule has 0 aliphatic carbocycles. The molecule has 2 aliphatic rings. The maximum absolute atomic E-state index is 12.5. The van der Waals surface area contributed by atoms with Gasteiger partial charge in [0.1, 0.15) is 0 Å². The number of carbonyl (C=O) groups is 2. The molecule has 2 aromatic carbocycles. The third-order valence-electron chi connectivity index (χ3n) is 7.80. The summed E-state index contributed by atoms with van der Waals surface area (Å²) in [6.45, 7) is 5.17. The molecular weight excluding hydrogens is 523 g/mol. The predicted molar refractivity (Wildman–Crippen MR) is 153 cm³/mol. The summed E-state index contributed by atoms with van der Waals surface area (Å²) in [6.07, 6.45) is 9.00. The first-order valence-corrected chi connectivity index (χ1v) is 13.9. The zero-order valence-electron chi connectivity index (χ0n) is 21.1. The highest BCUT2D eigenvalue weighted by atomic mass is 35.5. The summed E-state index contributed by atoms with van der Waals surface area (Å²) in [7, 11) is 0. The molecule has 5 rings (SSSR count). The van der Waals surface area contributed by atoms with Gasteiger partial charge in [0.25, 0.3) is 0 Å². The molecule has 9 heteroatoms. The number of aromatic amines is 1. The second-order valence-corrected chi connectivity index (χ2v) is 11.1. The van der Waals surface area contributed by atoms with E-state index in [1.54, 1.807) is 30.3 Å². The lowest BCUT2D eigenvalue weighted by atomic mass is 9.88. The third-order valence-corrected chi connectivity index (χ3v) is 8.54. The Bertz CT molecular complexity index is 1340. The first-order chi connectivity index (χ1) is 18.4. The van der Waals surface area contributed by atoms with Gasteiger partial charge in [-0.1, -0.05) is 23.2 Å². The summed E-state index contributed by atoms with van der Waals surface area (Å²) < 4.78 is 0. The average molecular weight is 556 g/mol. The van der Waals surface area contributed by atoms with Crippen molar-refractivity contribution in [2.75, 3.05) is 38.0 Å². The van der Waals surface area contributed by atoms with E-state index in [0.717, 1.165) is 69.3 Å². The number of carboxylic acid groups (broad SMARTS) is 1. The number of aromatic nitrogens is 1. The van der Waals surface area contributed by atoms with Crippen LogP contribution in [0.5, 0.6) is 0 Å². The predicted octanol–water partition coefficient (Wildman–Crippen LogP) is 6.85. The Hall–Kier alpha value is -3.00. The van der Waals surface area contributed by atoms with Gasteiger partial charge in [-0.3, -0.25) is 10.1 Å². The van der Waals surface area contributed by atoms with Crippen LogP contribution in [0.3, 0.4) is 0 Å². The van der Waals surface area contributed by atoms with Crippen LogP contribution in [0.2, 0.25) is 10.0 Å². The summed E-state index contributed by atoms with van der Waals surface area (Å²) >= 11 is 12.0. The monoisotopic (exact) mass is 554 g/mol. The van der Waals surface area contributed by atoms with Crippen molar-refractivity contribution in [3.8, 4) is 0 Å². The molecule has 2 saturated heterocycles. The highest BCUT2D eigenvalue weighted by molar-refractivity contribution is 6.42. The van der Waals surface area contributed by atoms with Crippen molar-refractivity contribution in [1.82, 2.24) is 14.8 Å². The van der Waals surface area contributed by atoms with E-state index in [2.05, 4.69) is 26.3 Å². The summed E-state index contributed by atoms with van der Waals surface area (Å²) in [5.74, 6) is 1.07. The number of H-pyrrole nitrogens is 1. The number of ketones is 1. The van der Waals surface area contributed by atoms with E-state index in [0.29, 0.717) is 33.1 Å². The third kappa shape index (κ3) is 6.34. The van der Waals surface area contributed by atoms with Crippen molar-refractivity contribution in [3.63, 3.8) is 0 Å². The minimum Gasteiger partial charge on any atom is -0.465 e. The maximum Gasteiger partial charge on any atom is 0.409 e. The van der Waals surface area contributed by atoms with Gasteiger partial charge >= 0.3 is 6.09 Å². The highest BCUT2D eigenvalue weighted by Gasteiger charge is 2.26. The number of piperidine rings is 2. The molecule has 1 aromatic heterocycles. The molecule has 0 unspecified atom stereocenters. The van der Waals surface area contributed by atoms with Gasteiger partial charge in [-0.15, -0.1) is 0 Å². The van der Waals surface area contributed by atoms with Crippen molar-refractivity contribution in [2.45, 2.75) is 31.6 Å². The van der Waals surface area contributed by atoms with Gasteiger partial charge in [-0.05, 0) is 92.6 Å². The molecule has 0 radical (unpaired) electrons. The molecule has 7 nitrogen and oxygen atoms in total. The van der Waals surface area contributed by atoms with Gasteiger partial charge in [0.2, 0.25) is 0 Å². The van der Waals surface area contributed by atoms with E-state index < -0.39 is 6.09 Å². The van der Waals surface area contributed by atoms with Crippen LogP contribution >= 0.6 is 23.2 Å². The number of anilines is 1. The molecule has 0 bridgehead atoms. The van der Waals surface area contributed by atoms with Crippen molar-refractivity contribution < 1.29 is 14.7 Å². The van der Waals surface area contributed by atoms with Crippen LogP contribution in [0.4, 0.5) is 10.5 Å². The number of nitrogens with one attached hydrogen (secondary N) is 2.